The topological polar surface area (TPSA) is 99.8 Å². The molecule has 0 saturated carbocycles. The molecule has 2 aromatic carbocycles. The van der Waals surface area contributed by atoms with E-state index in [9.17, 15) is 14.4 Å². The molecule has 2 rings (SSSR count). The van der Waals surface area contributed by atoms with Crippen molar-refractivity contribution >= 4 is 18.1 Å². The molecule has 0 heterocycles. The van der Waals surface area contributed by atoms with E-state index in [0.29, 0.717) is 6.29 Å². The van der Waals surface area contributed by atoms with Gasteiger partial charge in [0.15, 0.2) is 0 Å². The predicted octanol–water partition coefficient (Wildman–Crippen LogP) is 5.04. The summed E-state index contributed by atoms with van der Waals surface area (Å²) in [7, 11) is 5.27. The van der Waals surface area contributed by atoms with Crippen LogP contribution in [0.15, 0.2) is 54.6 Å². The maximum atomic E-state index is 12.1. The second-order valence-corrected chi connectivity index (χ2v) is 10.2. The summed E-state index contributed by atoms with van der Waals surface area (Å²) in [6.45, 7) is 15.5. The molecular formula is C34H58N4O4. The van der Waals surface area contributed by atoms with Crippen molar-refractivity contribution in [3.05, 3.63) is 65.7 Å². The molecule has 0 aromatic heterocycles. The molecule has 0 saturated heterocycles. The fourth-order valence-corrected chi connectivity index (χ4v) is 3.58. The third-order valence-electron chi connectivity index (χ3n) is 6.09. The van der Waals surface area contributed by atoms with Gasteiger partial charge in [-0.1, -0.05) is 88.2 Å². The molecule has 2 aromatic rings. The Labute approximate surface area is 256 Å². The van der Waals surface area contributed by atoms with Gasteiger partial charge in [-0.3, -0.25) is 9.59 Å². The minimum absolute atomic E-state index is 0.0261. The quantitative estimate of drug-likeness (QED) is 0.285. The van der Waals surface area contributed by atoms with Crippen LogP contribution < -0.4 is 20.7 Å². The van der Waals surface area contributed by atoms with Crippen molar-refractivity contribution in [1.82, 2.24) is 20.9 Å². The van der Waals surface area contributed by atoms with Crippen LogP contribution in [0.2, 0.25) is 0 Å². The number of carbonyl (C=O) groups excluding carboxylic acids is 3. The first-order valence-corrected chi connectivity index (χ1v) is 15.1. The van der Waals surface area contributed by atoms with E-state index in [0.717, 1.165) is 25.1 Å². The fraction of sp³-hybridized carbons (Fsp3) is 0.559. The van der Waals surface area contributed by atoms with Crippen LogP contribution >= 0.6 is 0 Å². The Morgan fingerprint density at radius 3 is 1.95 bits per heavy atom. The number of hydrogen-bond donors (Lipinski definition) is 3. The van der Waals surface area contributed by atoms with Gasteiger partial charge in [0.1, 0.15) is 12.0 Å². The number of benzene rings is 2. The fourth-order valence-electron chi connectivity index (χ4n) is 3.58. The number of para-hydroxylation sites is 1. The van der Waals surface area contributed by atoms with Gasteiger partial charge < -0.3 is 30.4 Å². The van der Waals surface area contributed by atoms with Gasteiger partial charge in [0, 0.05) is 7.05 Å². The maximum absolute atomic E-state index is 12.1. The van der Waals surface area contributed by atoms with Crippen molar-refractivity contribution in [2.45, 2.75) is 79.9 Å². The van der Waals surface area contributed by atoms with Crippen LogP contribution in [-0.4, -0.2) is 75.9 Å². The highest BCUT2D eigenvalue weighted by molar-refractivity contribution is 5.88. The zero-order chi connectivity index (χ0) is 32.3. The number of hydrogen-bond acceptors (Lipinski definition) is 6. The maximum Gasteiger partial charge on any atom is 0.240 e. The zero-order valence-electron chi connectivity index (χ0n) is 27.8. The summed E-state index contributed by atoms with van der Waals surface area (Å²) in [6, 6.07) is 18.2. The van der Waals surface area contributed by atoms with Crippen LogP contribution in [-0.2, 0) is 20.8 Å². The van der Waals surface area contributed by atoms with Crippen LogP contribution in [0.5, 0.6) is 5.75 Å². The van der Waals surface area contributed by atoms with Gasteiger partial charge in [0.05, 0.1) is 25.2 Å². The monoisotopic (exact) mass is 586 g/mol. The summed E-state index contributed by atoms with van der Waals surface area (Å²) in [4.78, 5) is 35.0. The number of ether oxygens (including phenoxy) is 1. The van der Waals surface area contributed by atoms with Crippen molar-refractivity contribution in [2.24, 2.45) is 5.92 Å². The predicted molar refractivity (Wildman–Crippen MR) is 176 cm³/mol. The average Bonchev–Trinajstić information content (AvgIpc) is 2.98. The molecule has 0 fully saturated rings. The van der Waals surface area contributed by atoms with Gasteiger partial charge in [-0.05, 0) is 71.8 Å². The number of likely N-dealkylation sites (N-methyl/N-ethyl adjacent to an activating group) is 2. The Morgan fingerprint density at radius 2 is 1.55 bits per heavy atom. The Balaban J connectivity index is 0. The third kappa shape index (κ3) is 20.6. The second kappa shape index (κ2) is 26.7. The van der Waals surface area contributed by atoms with E-state index in [1.807, 2.05) is 71.1 Å². The standard InChI is InChI=1S/C12H23N3O3.C11H16O.C7H8.C4H11N/c1-5-9(2)11(13-3)12(18)15(4)8-10(17)14-6-7-16;1-4-10-7-5-6-8-11(10)12-9(2)3;1-7-5-3-2-4-6-7;1-3-4-5-2/h7,9,11,13H,5-6,8H2,1-4H3,(H,14,17);5-9H,4H2,1-3H3;2-6H,1H3;5H,3-4H2,1-2H3. The third-order valence-corrected chi connectivity index (χ3v) is 6.09. The lowest BCUT2D eigenvalue weighted by molar-refractivity contribution is -0.137. The van der Waals surface area contributed by atoms with Crippen molar-refractivity contribution in [3.8, 4) is 5.75 Å². The number of nitrogens with one attached hydrogen (secondary N) is 3. The number of carbonyl (C=O) groups is 3. The molecule has 0 aliphatic carbocycles. The van der Waals surface area contributed by atoms with Crippen LogP contribution in [0.4, 0.5) is 0 Å². The first-order chi connectivity index (χ1) is 20.0. The molecule has 0 radical (unpaired) electrons. The van der Waals surface area contributed by atoms with Crippen molar-refractivity contribution in [3.63, 3.8) is 0 Å². The normalized spacial score (nSPS) is 11.2. The van der Waals surface area contributed by atoms with E-state index < -0.39 is 0 Å². The van der Waals surface area contributed by atoms with Crippen LogP contribution in [0.25, 0.3) is 0 Å². The summed E-state index contributed by atoms with van der Waals surface area (Å²) in [5.74, 6) is 0.767. The van der Waals surface area contributed by atoms with Crippen molar-refractivity contribution in [1.29, 1.82) is 0 Å². The molecule has 238 valence electrons. The van der Waals surface area contributed by atoms with Crippen LogP contribution in [0.3, 0.4) is 0 Å². The largest absolute Gasteiger partial charge is 0.491 e. The molecule has 0 bridgehead atoms. The molecule has 0 spiro atoms. The number of rotatable bonds is 13. The number of aldehydes is 1. The van der Waals surface area contributed by atoms with Crippen LogP contribution in [0.1, 0.15) is 65.5 Å². The van der Waals surface area contributed by atoms with E-state index >= 15 is 0 Å². The highest BCUT2D eigenvalue weighted by Crippen LogP contribution is 2.19. The van der Waals surface area contributed by atoms with Gasteiger partial charge in [-0.2, -0.15) is 0 Å². The lowest BCUT2D eigenvalue weighted by Gasteiger charge is -2.26. The minimum Gasteiger partial charge on any atom is -0.491 e. The molecule has 2 unspecified atom stereocenters. The number of aryl methyl sites for hydroxylation is 2. The molecule has 2 atom stereocenters. The Morgan fingerprint density at radius 1 is 0.952 bits per heavy atom. The molecular weight excluding hydrogens is 528 g/mol. The Kier molecular flexibility index (Phi) is 26.0. The Bertz CT molecular complexity index is 952. The summed E-state index contributed by atoms with van der Waals surface area (Å²) in [6.07, 6.45) is 4.01. The first-order valence-electron chi connectivity index (χ1n) is 15.1. The van der Waals surface area contributed by atoms with E-state index in [1.165, 1.54) is 22.4 Å². The minimum atomic E-state index is -0.336. The number of amides is 2. The smallest absolute Gasteiger partial charge is 0.240 e. The molecule has 3 N–H and O–H groups in total. The van der Waals surface area contributed by atoms with E-state index in [2.05, 4.69) is 54.9 Å². The lowest BCUT2D eigenvalue weighted by Crippen LogP contribution is -2.49. The summed E-state index contributed by atoms with van der Waals surface area (Å²) >= 11 is 0. The van der Waals surface area contributed by atoms with Gasteiger partial charge >= 0.3 is 0 Å². The molecule has 2 amide bonds. The van der Waals surface area contributed by atoms with Crippen molar-refractivity contribution in [2.75, 3.05) is 40.8 Å². The summed E-state index contributed by atoms with van der Waals surface area (Å²) in [5.41, 5.74) is 2.61. The number of nitrogens with zero attached hydrogens (tertiary/aromatic N) is 1. The molecule has 8 nitrogen and oxygen atoms in total. The molecule has 0 aliphatic rings. The van der Waals surface area contributed by atoms with E-state index in [-0.39, 0.29) is 43.0 Å². The Hall–Kier alpha value is -3.23. The zero-order valence-corrected chi connectivity index (χ0v) is 27.8. The average molecular weight is 587 g/mol. The molecule has 0 aliphatic heterocycles. The molecule has 8 heteroatoms. The molecule has 42 heavy (non-hydrogen) atoms. The summed E-state index contributed by atoms with van der Waals surface area (Å²) in [5, 5.41) is 8.39. The lowest BCUT2D eigenvalue weighted by atomic mass is 9.98. The van der Waals surface area contributed by atoms with Gasteiger partial charge in [-0.15, -0.1) is 0 Å². The van der Waals surface area contributed by atoms with Crippen LogP contribution in [0, 0.1) is 12.8 Å². The van der Waals surface area contributed by atoms with E-state index in [1.54, 1.807) is 14.1 Å². The highest BCUT2D eigenvalue weighted by atomic mass is 16.5. The van der Waals surface area contributed by atoms with Crippen molar-refractivity contribution < 1.29 is 19.1 Å². The second-order valence-electron chi connectivity index (χ2n) is 10.2. The van der Waals surface area contributed by atoms with Gasteiger partial charge in [0.25, 0.3) is 0 Å². The van der Waals surface area contributed by atoms with E-state index in [4.69, 9.17) is 4.74 Å². The SMILES string of the molecule is CCC(C)C(NC)C(=O)N(C)CC(=O)NCC=O.CCCNC.CCc1ccccc1OC(C)C.Cc1ccccc1. The first kappa shape index (κ1) is 40.9. The van der Waals surface area contributed by atoms with Gasteiger partial charge in [-0.25, -0.2) is 0 Å². The summed E-state index contributed by atoms with van der Waals surface area (Å²) < 4.78 is 5.64. The highest BCUT2D eigenvalue weighted by Gasteiger charge is 2.25. The van der Waals surface area contributed by atoms with Gasteiger partial charge in [0.2, 0.25) is 11.8 Å².